The van der Waals surface area contributed by atoms with Gasteiger partial charge in [-0.25, -0.2) is 9.48 Å². The Morgan fingerprint density at radius 3 is 2.95 bits per heavy atom. The third-order valence-corrected chi connectivity index (χ3v) is 2.66. The minimum Gasteiger partial charge on any atom is -0.395 e. The number of carbonyl (C=O) groups is 1. The zero-order valence-corrected chi connectivity index (χ0v) is 10.8. The molecule has 1 heterocycles. The van der Waals surface area contributed by atoms with E-state index < -0.39 is 6.03 Å². The fourth-order valence-corrected chi connectivity index (χ4v) is 1.72. The molecule has 19 heavy (non-hydrogen) atoms. The summed E-state index contributed by atoms with van der Waals surface area (Å²) in [6.07, 6.45) is 3.17. The van der Waals surface area contributed by atoms with E-state index >= 15 is 0 Å². The van der Waals surface area contributed by atoms with Gasteiger partial charge in [0.25, 0.3) is 0 Å². The van der Waals surface area contributed by atoms with Gasteiger partial charge in [0.15, 0.2) is 0 Å². The maximum atomic E-state index is 11.4. The third-order valence-electron chi connectivity index (χ3n) is 2.34. The summed E-state index contributed by atoms with van der Waals surface area (Å²) >= 11 is 6.05. The van der Waals surface area contributed by atoms with E-state index in [1.807, 2.05) is 18.2 Å². The van der Waals surface area contributed by atoms with Gasteiger partial charge in [-0.15, -0.1) is 0 Å². The number of aliphatic hydroxyl groups is 1. The number of hydrogen-bond donors (Lipinski definition) is 3. The summed E-state index contributed by atoms with van der Waals surface area (Å²) in [7, 11) is 0. The van der Waals surface area contributed by atoms with Crippen LogP contribution < -0.4 is 10.6 Å². The van der Waals surface area contributed by atoms with Crippen molar-refractivity contribution in [2.45, 2.75) is 0 Å². The number of aromatic nitrogens is 2. The molecular formula is C12H13ClN4O2. The van der Waals surface area contributed by atoms with Crippen LogP contribution in [0.5, 0.6) is 0 Å². The highest BCUT2D eigenvalue weighted by atomic mass is 35.5. The van der Waals surface area contributed by atoms with E-state index in [-0.39, 0.29) is 13.2 Å². The van der Waals surface area contributed by atoms with Gasteiger partial charge in [0.2, 0.25) is 0 Å². The molecule has 100 valence electrons. The molecule has 3 N–H and O–H groups in total. The summed E-state index contributed by atoms with van der Waals surface area (Å²) in [6.45, 7) is 0.0940. The van der Waals surface area contributed by atoms with Crippen molar-refractivity contribution in [2.24, 2.45) is 0 Å². The molecule has 0 bridgehead atoms. The van der Waals surface area contributed by atoms with Crippen LogP contribution in [0.2, 0.25) is 5.02 Å². The predicted octanol–water partition coefficient (Wildman–Crippen LogP) is 1.64. The lowest BCUT2D eigenvalue weighted by molar-refractivity contribution is 0.245. The van der Waals surface area contributed by atoms with Crippen molar-refractivity contribution in [2.75, 3.05) is 18.5 Å². The number of hydrogen-bond acceptors (Lipinski definition) is 3. The Morgan fingerprint density at radius 2 is 2.21 bits per heavy atom. The quantitative estimate of drug-likeness (QED) is 0.796. The summed E-state index contributed by atoms with van der Waals surface area (Å²) in [6, 6.07) is 6.87. The van der Waals surface area contributed by atoms with Crippen molar-refractivity contribution in [1.29, 1.82) is 0 Å². The number of rotatable bonds is 4. The molecule has 0 aliphatic carbocycles. The van der Waals surface area contributed by atoms with Gasteiger partial charge in [0.1, 0.15) is 0 Å². The van der Waals surface area contributed by atoms with Gasteiger partial charge in [-0.05, 0) is 12.1 Å². The van der Waals surface area contributed by atoms with E-state index in [0.717, 1.165) is 5.69 Å². The van der Waals surface area contributed by atoms with E-state index in [2.05, 4.69) is 15.7 Å². The molecule has 0 radical (unpaired) electrons. The van der Waals surface area contributed by atoms with Crippen LogP contribution in [-0.2, 0) is 0 Å². The third kappa shape index (κ3) is 3.46. The average Bonchev–Trinajstić information content (AvgIpc) is 2.85. The van der Waals surface area contributed by atoms with Crippen molar-refractivity contribution in [1.82, 2.24) is 15.1 Å². The zero-order valence-electron chi connectivity index (χ0n) is 10.0. The zero-order chi connectivity index (χ0) is 13.7. The fourth-order valence-electron chi connectivity index (χ4n) is 1.50. The molecule has 1 aromatic heterocycles. The van der Waals surface area contributed by atoms with Gasteiger partial charge in [-0.3, -0.25) is 0 Å². The summed E-state index contributed by atoms with van der Waals surface area (Å²) < 4.78 is 1.57. The Kier molecular flexibility index (Phi) is 4.38. The van der Waals surface area contributed by atoms with Crippen LogP contribution in [0.15, 0.2) is 36.7 Å². The lowest BCUT2D eigenvalue weighted by Gasteiger charge is -2.04. The molecule has 0 spiro atoms. The van der Waals surface area contributed by atoms with E-state index in [1.165, 1.54) is 6.20 Å². The molecule has 2 aromatic rings. The smallest absolute Gasteiger partial charge is 0.319 e. The number of aliphatic hydroxyl groups excluding tert-OH is 1. The van der Waals surface area contributed by atoms with E-state index in [4.69, 9.17) is 16.7 Å². The molecule has 0 fully saturated rings. The van der Waals surface area contributed by atoms with Crippen molar-refractivity contribution in [3.8, 4) is 5.69 Å². The summed E-state index contributed by atoms with van der Waals surface area (Å²) in [5.41, 5.74) is 1.27. The van der Waals surface area contributed by atoms with E-state index in [0.29, 0.717) is 10.7 Å². The second kappa shape index (κ2) is 6.21. The average molecular weight is 281 g/mol. The van der Waals surface area contributed by atoms with Gasteiger partial charge in [0.05, 0.1) is 35.4 Å². The standard InChI is InChI=1S/C12H13ClN4O2/c13-10-3-1-2-4-11(10)17-8-9(7-15-17)16-12(19)14-5-6-18/h1-4,7-8,18H,5-6H2,(H2,14,16,19). The number of nitrogens with zero attached hydrogens (tertiary/aromatic N) is 2. The number of urea groups is 1. The number of benzene rings is 1. The molecule has 2 amide bonds. The Labute approximate surface area is 115 Å². The molecule has 7 heteroatoms. The number of carbonyl (C=O) groups excluding carboxylic acids is 1. The van der Waals surface area contributed by atoms with Crippen LogP contribution in [0.3, 0.4) is 0 Å². The number of para-hydroxylation sites is 1. The van der Waals surface area contributed by atoms with E-state index in [9.17, 15) is 4.79 Å². The van der Waals surface area contributed by atoms with Crippen LogP contribution in [0.4, 0.5) is 10.5 Å². The monoisotopic (exact) mass is 280 g/mol. The molecule has 1 aromatic carbocycles. The molecule has 0 atom stereocenters. The maximum absolute atomic E-state index is 11.4. The van der Waals surface area contributed by atoms with Crippen molar-refractivity contribution in [3.63, 3.8) is 0 Å². The first-order valence-corrected chi connectivity index (χ1v) is 6.04. The van der Waals surface area contributed by atoms with Gasteiger partial charge >= 0.3 is 6.03 Å². The van der Waals surface area contributed by atoms with Gasteiger partial charge in [0, 0.05) is 6.54 Å². The summed E-state index contributed by atoms with van der Waals surface area (Å²) in [5.74, 6) is 0. The van der Waals surface area contributed by atoms with Crippen molar-refractivity contribution >= 4 is 23.3 Å². The molecule has 0 aliphatic rings. The molecular weight excluding hydrogens is 268 g/mol. The number of anilines is 1. The first-order chi connectivity index (χ1) is 9.20. The van der Waals surface area contributed by atoms with E-state index in [1.54, 1.807) is 16.9 Å². The van der Waals surface area contributed by atoms with Crippen LogP contribution in [0.1, 0.15) is 0 Å². The number of halogens is 1. The SMILES string of the molecule is O=C(NCCO)Nc1cnn(-c2ccccc2Cl)c1. The fraction of sp³-hybridized carbons (Fsp3) is 0.167. The lowest BCUT2D eigenvalue weighted by Crippen LogP contribution is -2.30. The molecule has 2 rings (SSSR count). The maximum Gasteiger partial charge on any atom is 0.319 e. The molecule has 6 nitrogen and oxygen atoms in total. The predicted molar refractivity (Wildman–Crippen MR) is 72.7 cm³/mol. The first-order valence-electron chi connectivity index (χ1n) is 5.66. The van der Waals surface area contributed by atoms with Crippen molar-refractivity contribution in [3.05, 3.63) is 41.7 Å². The highest BCUT2D eigenvalue weighted by Gasteiger charge is 2.06. The minimum atomic E-state index is -0.396. The highest BCUT2D eigenvalue weighted by molar-refractivity contribution is 6.32. The van der Waals surface area contributed by atoms with Crippen LogP contribution in [0, 0.1) is 0 Å². The molecule has 0 aliphatic heterocycles. The summed E-state index contributed by atoms with van der Waals surface area (Å²) in [5, 5.41) is 18.4. The molecule has 0 saturated carbocycles. The van der Waals surface area contributed by atoms with Crippen molar-refractivity contribution < 1.29 is 9.90 Å². The van der Waals surface area contributed by atoms with Gasteiger partial charge < -0.3 is 15.7 Å². The Balaban J connectivity index is 2.07. The van der Waals surface area contributed by atoms with Gasteiger partial charge in [-0.2, -0.15) is 5.10 Å². The molecule has 0 saturated heterocycles. The Morgan fingerprint density at radius 1 is 1.42 bits per heavy atom. The highest BCUT2D eigenvalue weighted by Crippen LogP contribution is 2.20. The second-order valence-corrected chi connectivity index (χ2v) is 4.14. The van der Waals surface area contributed by atoms with Crippen LogP contribution >= 0.6 is 11.6 Å². The van der Waals surface area contributed by atoms with Crippen LogP contribution in [-0.4, -0.2) is 34.1 Å². The normalized spacial score (nSPS) is 10.2. The number of amides is 2. The summed E-state index contributed by atoms with van der Waals surface area (Å²) in [4.78, 5) is 11.4. The van der Waals surface area contributed by atoms with Crippen LogP contribution in [0.25, 0.3) is 5.69 Å². The Hall–Kier alpha value is -2.05. The topological polar surface area (TPSA) is 79.2 Å². The molecule has 0 unspecified atom stereocenters. The number of nitrogens with one attached hydrogen (secondary N) is 2. The first kappa shape index (κ1) is 13.4. The second-order valence-electron chi connectivity index (χ2n) is 3.73. The minimum absolute atomic E-state index is 0.105. The largest absolute Gasteiger partial charge is 0.395 e. The lowest BCUT2D eigenvalue weighted by atomic mass is 10.3. The van der Waals surface area contributed by atoms with Gasteiger partial charge in [-0.1, -0.05) is 23.7 Å². The Bertz CT molecular complexity index is 570.